The third-order valence-electron chi connectivity index (χ3n) is 9.20. The van der Waals surface area contributed by atoms with Crippen molar-refractivity contribution < 1.29 is 22.7 Å². The van der Waals surface area contributed by atoms with E-state index in [1.165, 1.54) is 17.0 Å². The van der Waals surface area contributed by atoms with Crippen LogP contribution in [0.4, 0.5) is 5.69 Å². The van der Waals surface area contributed by atoms with Crippen LogP contribution in [-0.4, -0.2) is 43.8 Å². The lowest BCUT2D eigenvalue weighted by molar-refractivity contribution is -0.140. The molecule has 0 radical (unpaired) electrons. The fourth-order valence-corrected chi connectivity index (χ4v) is 8.00. The summed E-state index contributed by atoms with van der Waals surface area (Å²) >= 11 is 6.21. The van der Waals surface area contributed by atoms with E-state index in [1.807, 2.05) is 72.8 Å². The zero-order valence-corrected chi connectivity index (χ0v) is 30.4. The molecule has 0 unspecified atom stereocenters. The van der Waals surface area contributed by atoms with Crippen LogP contribution in [-0.2, 0) is 32.6 Å². The third kappa shape index (κ3) is 9.60. The van der Waals surface area contributed by atoms with E-state index in [-0.39, 0.29) is 35.5 Å². The molecule has 1 aliphatic carbocycles. The summed E-state index contributed by atoms with van der Waals surface area (Å²) in [4.78, 5) is 30.6. The zero-order valence-electron chi connectivity index (χ0n) is 28.8. The van der Waals surface area contributed by atoms with Gasteiger partial charge in [-0.2, -0.15) is 0 Å². The lowest BCUT2D eigenvalue weighted by atomic mass is 9.94. The quantitative estimate of drug-likeness (QED) is 0.124. The molecule has 0 bridgehead atoms. The number of hydrogen-bond acceptors (Lipinski definition) is 5. The van der Waals surface area contributed by atoms with Crippen LogP contribution in [0.15, 0.2) is 144 Å². The van der Waals surface area contributed by atoms with Crippen molar-refractivity contribution in [2.45, 2.75) is 62.0 Å². The van der Waals surface area contributed by atoms with Gasteiger partial charge in [0.2, 0.25) is 11.8 Å². The van der Waals surface area contributed by atoms with E-state index in [0.717, 1.165) is 47.5 Å². The number of halogens is 1. The fourth-order valence-electron chi connectivity index (χ4n) is 6.44. The summed E-state index contributed by atoms with van der Waals surface area (Å²) in [6.45, 7) is -0.486. The van der Waals surface area contributed by atoms with Gasteiger partial charge >= 0.3 is 0 Å². The van der Waals surface area contributed by atoms with E-state index in [0.29, 0.717) is 16.5 Å². The molecule has 1 aliphatic rings. The van der Waals surface area contributed by atoms with Crippen molar-refractivity contribution in [1.29, 1.82) is 0 Å². The highest BCUT2D eigenvalue weighted by atomic mass is 35.5. The first-order chi connectivity index (χ1) is 25.3. The molecular weight excluding hydrogens is 694 g/mol. The van der Waals surface area contributed by atoms with Gasteiger partial charge in [0.05, 0.1) is 10.6 Å². The number of para-hydroxylation sites is 1. The minimum atomic E-state index is -4.23. The van der Waals surface area contributed by atoms with E-state index in [4.69, 9.17) is 16.3 Å². The van der Waals surface area contributed by atoms with Gasteiger partial charge in [-0.15, -0.1) is 0 Å². The number of hydrogen-bond donors (Lipinski definition) is 1. The number of benzene rings is 5. The second-order valence-electron chi connectivity index (χ2n) is 12.9. The lowest BCUT2D eigenvalue weighted by Crippen LogP contribution is -2.55. The van der Waals surface area contributed by atoms with Gasteiger partial charge in [-0.25, -0.2) is 8.42 Å². The predicted molar refractivity (Wildman–Crippen MR) is 205 cm³/mol. The first kappa shape index (κ1) is 36.7. The smallest absolute Gasteiger partial charge is 0.264 e. The van der Waals surface area contributed by atoms with Crippen molar-refractivity contribution in [3.63, 3.8) is 0 Å². The molecule has 0 heterocycles. The summed E-state index contributed by atoms with van der Waals surface area (Å²) in [5.74, 6) is 0.342. The van der Waals surface area contributed by atoms with Crippen LogP contribution in [0.25, 0.3) is 0 Å². The van der Waals surface area contributed by atoms with Crippen molar-refractivity contribution >= 4 is 39.1 Å². The van der Waals surface area contributed by atoms with E-state index >= 15 is 0 Å². The van der Waals surface area contributed by atoms with E-state index in [2.05, 4.69) is 5.32 Å². The summed E-state index contributed by atoms with van der Waals surface area (Å²) in [6, 6.07) is 39.6. The Morgan fingerprint density at radius 3 is 1.92 bits per heavy atom. The standard InChI is InChI=1S/C42H42ClN3O5S/c43-34-23-21-33(22-24-34)30-45(40(29-32-13-5-1-6-14-32)42(48)44-35-15-7-2-8-16-35)41(47)31-46(52(49,50)39-19-11-4-12-20-39)36-25-27-38(28-26-36)51-37-17-9-3-10-18-37/h1,3-6,9-14,17-28,35,40H,2,7-8,15-16,29-31H2,(H,44,48)/t40-/m1/s1. The number of sulfonamides is 1. The largest absolute Gasteiger partial charge is 0.457 e. The van der Waals surface area contributed by atoms with E-state index < -0.39 is 28.5 Å². The van der Waals surface area contributed by atoms with E-state index in [1.54, 1.807) is 54.6 Å². The van der Waals surface area contributed by atoms with Gasteiger partial charge in [0.1, 0.15) is 24.1 Å². The van der Waals surface area contributed by atoms with Crippen LogP contribution in [0.5, 0.6) is 11.5 Å². The molecule has 1 N–H and O–H groups in total. The number of ether oxygens (including phenoxy) is 1. The first-order valence-electron chi connectivity index (χ1n) is 17.6. The van der Waals surface area contributed by atoms with Crippen molar-refractivity contribution in [3.8, 4) is 11.5 Å². The van der Waals surface area contributed by atoms with Crippen LogP contribution in [0.1, 0.15) is 43.2 Å². The van der Waals surface area contributed by atoms with Gasteiger partial charge in [0.25, 0.3) is 10.0 Å². The Morgan fingerprint density at radius 2 is 1.29 bits per heavy atom. The molecule has 52 heavy (non-hydrogen) atoms. The maximum absolute atomic E-state index is 14.8. The van der Waals surface area contributed by atoms with Gasteiger partial charge in [-0.1, -0.05) is 110 Å². The molecule has 0 spiro atoms. The highest BCUT2D eigenvalue weighted by Gasteiger charge is 2.35. The van der Waals surface area contributed by atoms with Crippen LogP contribution >= 0.6 is 11.6 Å². The molecular formula is C42H42ClN3O5S. The molecule has 5 aromatic carbocycles. The number of rotatable bonds is 14. The second kappa shape index (κ2) is 17.4. The highest BCUT2D eigenvalue weighted by Crippen LogP contribution is 2.29. The van der Waals surface area contributed by atoms with Crippen molar-refractivity contribution in [2.24, 2.45) is 0 Å². The molecule has 1 atom stereocenters. The molecule has 2 amide bonds. The lowest BCUT2D eigenvalue weighted by Gasteiger charge is -2.35. The van der Waals surface area contributed by atoms with Gasteiger partial charge < -0.3 is 15.0 Å². The summed E-state index contributed by atoms with van der Waals surface area (Å²) < 4.78 is 35.8. The summed E-state index contributed by atoms with van der Waals surface area (Å²) in [5.41, 5.74) is 1.90. The molecule has 1 fully saturated rings. The second-order valence-corrected chi connectivity index (χ2v) is 15.2. The SMILES string of the molecule is O=C(NC1CCCCC1)[C@@H](Cc1ccccc1)N(Cc1ccc(Cl)cc1)C(=O)CN(c1ccc(Oc2ccccc2)cc1)S(=O)(=O)c1ccccc1. The van der Waals surface area contributed by atoms with Crippen molar-refractivity contribution in [1.82, 2.24) is 10.2 Å². The van der Waals surface area contributed by atoms with Gasteiger partial charge in [0.15, 0.2) is 0 Å². The number of nitrogens with zero attached hydrogens (tertiary/aromatic N) is 2. The topological polar surface area (TPSA) is 96.0 Å². The van der Waals surface area contributed by atoms with Crippen LogP contribution in [0, 0.1) is 0 Å². The van der Waals surface area contributed by atoms with Gasteiger partial charge in [-0.05, 0) is 84.6 Å². The first-order valence-corrected chi connectivity index (χ1v) is 19.4. The van der Waals surface area contributed by atoms with Gasteiger partial charge in [0, 0.05) is 24.0 Å². The number of carbonyl (C=O) groups excluding carboxylic acids is 2. The number of carbonyl (C=O) groups is 2. The fraction of sp³-hybridized carbons (Fsp3) is 0.238. The minimum absolute atomic E-state index is 0.0126. The summed E-state index contributed by atoms with van der Waals surface area (Å²) in [5, 5.41) is 3.78. The maximum Gasteiger partial charge on any atom is 0.264 e. The number of amides is 2. The Balaban J connectivity index is 1.37. The normalized spacial score (nSPS) is 13.9. The molecule has 0 saturated heterocycles. The monoisotopic (exact) mass is 735 g/mol. The highest BCUT2D eigenvalue weighted by molar-refractivity contribution is 7.92. The molecule has 0 aromatic heterocycles. The van der Waals surface area contributed by atoms with Gasteiger partial charge in [-0.3, -0.25) is 13.9 Å². The predicted octanol–water partition coefficient (Wildman–Crippen LogP) is 8.42. The molecule has 268 valence electrons. The average molecular weight is 736 g/mol. The molecule has 6 rings (SSSR count). The summed E-state index contributed by atoms with van der Waals surface area (Å²) in [6.07, 6.45) is 5.19. The van der Waals surface area contributed by atoms with Crippen LogP contribution in [0.2, 0.25) is 5.02 Å². The molecule has 1 saturated carbocycles. The summed E-state index contributed by atoms with van der Waals surface area (Å²) in [7, 11) is -4.23. The maximum atomic E-state index is 14.8. The molecule has 10 heteroatoms. The molecule has 0 aliphatic heterocycles. The Kier molecular flexibility index (Phi) is 12.3. The number of anilines is 1. The Morgan fingerprint density at radius 1 is 0.712 bits per heavy atom. The van der Waals surface area contributed by atoms with Crippen LogP contribution in [0.3, 0.4) is 0 Å². The van der Waals surface area contributed by atoms with E-state index in [9.17, 15) is 18.0 Å². The minimum Gasteiger partial charge on any atom is -0.457 e. The Bertz CT molecular complexity index is 2010. The zero-order chi connectivity index (χ0) is 36.3. The van der Waals surface area contributed by atoms with Crippen molar-refractivity contribution in [2.75, 3.05) is 10.8 Å². The number of nitrogens with one attached hydrogen (secondary N) is 1. The molecule has 8 nitrogen and oxygen atoms in total. The van der Waals surface area contributed by atoms with Crippen molar-refractivity contribution in [3.05, 3.63) is 156 Å². The van der Waals surface area contributed by atoms with Crippen LogP contribution < -0.4 is 14.4 Å². The molecule has 5 aromatic rings. The Labute approximate surface area is 311 Å². The third-order valence-corrected chi connectivity index (χ3v) is 11.2. The average Bonchev–Trinajstić information content (AvgIpc) is 3.18. The Hall–Kier alpha value is -5.12.